The summed E-state index contributed by atoms with van der Waals surface area (Å²) in [5.41, 5.74) is 2.23. The van der Waals surface area contributed by atoms with Crippen LogP contribution in [-0.2, 0) is 6.54 Å². The molecule has 2 aliphatic heterocycles. The lowest BCUT2D eigenvalue weighted by Crippen LogP contribution is -2.63. The monoisotopic (exact) mass is 394 g/mol. The maximum atomic E-state index is 11.6. The second-order valence-electron chi connectivity index (χ2n) is 8.01. The Hall–Kier alpha value is -2.41. The van der Waals surface area contributed by atoms with Gasteiger partial charge in [0.2, 0.25) is 0 Å². The predicted octanol–water partition coefficient (Wildman–Crippen LogP) is 2.37. The molecule has 0 bridgehead atoms. The number of amides is 1. The lowest BCUT2D eigenvalue weighted by Gasteiger charge is -2.45. The third-order valence-electron chi connectivity index (χ3n) is 5.99. The third kappa shape index (κ3) is 4.96. The highest BCUT2D eigenvalue weighted by Gasteiger charge is 2.35. The van der Waals surface area contributed by atoms with Gasteiger partial charge in [-0.1, -0.05) is 12.1 Å². The average molecular weight is 395 g/mol. The Labute approximate surface area is 172 Å². The molecule has 3 N–H and O–H groups in total. The molecule has 0 aromatic heterocycles. The van der Waals surface area contributed by atoms with Gasteiger partial charge in [-0.3, -0.25) is 9.69 Å². The molecule has 1 amide bonds. The minimum absolute atomic E-state index is 0.0972. The van der Waals surface area contributed by atoms with E-state index in [1.54, 1.807) is 19.2 Å². The van der Waals surface area contributed by atoms with Crippen LogP contribution in [0.5, 0.6) is 11.5 Å². The predicted molar refractivity (Wildman–Crippen MR) is 114 cm³/mol. The van der Waals surface area contributed by atoms with E-state index >= 15 is 0 Å². The van der Waals surface area contributed by atoms with Gasteiger partial charge < -0.3 is 20.7 Å². The second kappa shape index (κ2) is 8.95. The van der Waals surface area contributed by atoms with Crippen LogP contribution in [0, 0.1) is 0 Å². The molecular formula is C23H30N4O2. The third-order valence-corrected chi connectivity index (χ3v) is 5.99. The number of benzene rings is 2. The van der Waals surface area contributed by atoms with E-state index in [4.69, 9.17) is 4.74 Å². The van der Waals surface area contributed by atoms with Gasteiger partial charge in [-0.2, -0.15) is 0 Å². The van der Waals surface area contributed by atoms with Crippen LogP contribution in [-0.4, -0.2) is 56.1 Å². The van der Waals surface area contributed by atoms with Crippen LogP contribution in [0.1, 0.15) is 28.8 Å². The SMILES string of the molecule is CNC(=O)c1ccc(Oc2ccc(CN3CCC4(CC3)CNCCN4)cc2)cc1. The molecule has 4 rings (SSSR count). The van der Waals surface area contributed by atoms with Crippen molar-refractivity contribution in [1.29, 1.82) is 0 Å². The van der Waals surface area contributed by atoms with Crippen molar-refractivity contribution in [3.63, 3.8) is 0 Å². The summed E-state index contributed by atoms with van der Waals surface area (Å²) < 4.78 is 5.91. The highest BCUT2D eigenvalue weighted by molar-refractivity contribution is 5.94. The molecule has 0 radical (unpaired) electrons. The number of ether oxygens (including phenoxy) is 1. The molecule has 2 aliphatic rings. The first-order valence-corrected chi connectivity index (χ1v) is 10.4. The number of hydrogen-bond acceptors (Lipinski definition) is 5. The molecular weight excluding hydrogens is 364 g/mol. The number of likely N-dealkylation sites (tertiary alicyclic amines) is 1. The Morgan fingerprint density at radius 3 is 2.28 bits per heavy atom. The highest BCUT2D eigenvalue weighted by Crippen LogP contribution is 2.26. The number of piperidine rings is 1. The van der Waals surface area contributed by atoms with E-state index in [-0.39, 0.29) is 5.91 Å². The summed E-state index contributed by atoms with van der Waals surface area (Å²) in [5, 5.41) is 9.88. The first-order valence-electron chi connectivity index (χ1n) is 10.4. The quantitative estimate of drug-likeness (QED) is 0.727. The first kappa shape index (κ1) is 19.9. The van der Waals surface area contributed by atoms with Crippen LogP contribution in [0.4, 0.5) is 0 Å². The molecule has 29 heavy (non-hydrogen) atoms. The molecule has 2 saturated heterocycles. The van der Waals surface area contributed by atoms with Gasteiger partial charge >= 0.3 is 0 Å². The van der Waals surface area contributed by atoms with Gasteiger partial charge in [0.25, 0.3) is 5.91 Å². The van der Waals surface area contributed by atoms with Crippen LogP contribution < -0.4 is 20.7 Å². The van der Waals surface area contributed by atoms with Gasteiger partial charge in [-0.15, -0.1) is 0 Å². The maximum Gasteiger partial charge on any atom is 0.251 e. The number of carbonyl (C=O) groups is 1. The van der Waals surface area contributed by atoms with Gasteiger partial charge in [0.15, 0.2) is 0 Å². The van der Waals surface area contributed by atoms with E-state index in [1.165, 1.54) is 18.4 Å². The molecule has 6 heteroatoms. The van der Waals surface area contributed by atoms with Crippen molar-refractivity contribution in [2.45, 2.75) is 24.9 Å². The molecule has 2 heterocycles. The fraction of sp³-hybridized carbons (Fsp3) is 0.435. The van der Waals surface area contributed by atoms with Gasteiger partial charge in [0, 0.05) is 57.4 Å². The molecule has 1 spiro atoms. The Balaban J connectivity index is 1.29. The molecule has 0 aliphatic carbocycles. The lowest BCUT2D eigenvalue weighted by molar-refractivity contribution is 0.0963. The highest BCUT2D eigenvalue weighted by atomic mass is 16.5. The van der Waals surface area contributed by atoms with Crippen LogP contribution in [0.2, 0.25) is 0 Å². The topological polar surface area (TPSA) is 65.6 Å². The van der Waals surface area contributed by atoms with Crippen LogP contribution in [0.3, 0.4) is 0 Å². The van der Waals surface area contributed by atoms with Gasteiger partial charge in [0.1, 0.15) is 11.5 Å². The fourth-order valence-electron chi connectivity index (χ4n) is 4.17. The fourth-order valence-corrected chi connectivity index (χ4v) is 4.17. The Kier molecular flexibility index (Phi) is 6.13. The zero-order valence-corrected chi connectivity index (χ0v) is 17.0. The molecule has 2 aromatic rings. The van der Waals surface area contributed by atoms with Crippen molar-refractivity contribution in [2.75, 3.05) is 39.8 Å². The van der Waals surface area contributed by atoms with E-state index in [1.807, 2.05) is 24.3 Å². The summed E-state index contributed by atoms with van der Waals surface area (Å²) in [6, 6.07) is 15.5. The summed E-state index contributed by atoms with van der Waals surface area (Å²) in [5.74, 6) is 1.43. The standard InChI is InChI=1S/C23H30N4O2/c1-24-22(28)19-4-8-21(9-5-19)29-20-6-2-18(3-7-20)16-27-14-10-23(11-15-27)17-25-12-13-26-23/h2-9,25-26H,10-17H2,1H3,(H,24,28). The van der Waals surface area contributed by atoms with E-state index in [2.05, 4.69) is 33.0 Å². The van der Waals surface area contributed by atoms with Crippen molar-refractivity contribution in [3.8, 4) is 11.5 Å². The van der Waals surface area contributed by atoms with E-state index in [9.17, 15) is 4.79 Å². The van der Waals surface area contributed by atoms with Crippen molar-refractivity contribution in [2.24, 2.45) is 0 Å². The molecule has 154 valence electrons. The Bertz CT molecular complexity index is 804. The largest absolute Gasteiger partial charge is 0.457 e. The Morgan fingerprint density at radius 2 is 1.69 bits per heavy atom. The van der Waals surface area contributed by atoms with E-state index < -0.39 is 0 Å². The van der Waals surface area contributed by atoms with Crippen molar-refractivity contribution < 1.29 is 9.53 Å². The van der Waals surface area contributed by atoms with Gasteiger partial charge in [0.05, 0.1) is 0 Å². The summed E-state index contributed by atoms with van der Waals surface area (Å²) in [4.78, 5) is 14.1. The zero-order chi connectivity index (χ0) is 20.1. The van der Waals surface area contributed by atoms with Crippen LogP contribution in [0.15, 0.2) is 48.5 Å². The Morgan fingerprint density at radius 1 is 1.03 bits per heavy atom. The van der Waals surface area contributed by atoms with E-state index in [0.29, 0.717) is 11.1 Å². The molecule has 6 nitrogen and oxygen atoms in total. The van der Waals surface area contributed by atoms with Gasteiger partial charge in [-0.05, 0) is 54.8 Å². The maximum absolute atomic E-state index is 11.6. The summed E-state index contributed by atoms with van der Waals surface area (Å²) in [6.07, 6.45) is 2.40. The lowest BCUT2D eigenvalue weighted by atomic mass is 9.86. The smallest absolute Gasteiger partial charge is 0.251 e. The zero-order valence-electron chi connectivity index (χ0n) is 17.0. The van der Waals surface area contributed by atoms with Gasteiger partial charge in [-0.25, -0.2) is 0 Å². The summed E-state index contributed by atoms with van der Waals surface area (Å²) in [7, 11) is 1.63. The van der Waals surface area contributed by atoms with Crippen LogP contribution >= 0.6 is 0 Å². The van der Waals surface area contributed by atoms with Crippen molar-refractivity contribution >= 4 is 5.91 Å². The number of rotatable bonds is 5. The molecule has 2 aromatic carbocycles. The summed E-state index contributed by atoms with van der Waals surface area (Å²) in [6.45, 7) is 6.49. The second-order valence-corrected chi connectivity index (χ2v) is 8.01. The molecule has 0 saturated carbocycles. The number of nitrogens with zero attached hydrogens (tertiary/aromatic N) is 1. The molecule has 2 fully saturated rings. The molecule has 0 atom stereocenters. The minimum atomic E-state index is -0.0972. The van der Waals surface area contributed by atoms with Crippen molar-refractivity contribution in [1.82, 2.24) is 20.9 Å². The van der Waals surface area contributed by atoms with Crippen molar-refractivity contribution in [3.05, 3.63) is 59.7 Å². The van der Waals surface area contributed by atoms with Crippen LogP contribution in [0.25, 0.3) is 0 Å². The molecule has 0 unspecified atom stereocenters. The summed E-state index contributed by atoms with van der Waals surface area (Å²) >= 11 is 0. The average Bonchev–Trinajstić information content (AvgIpc) is 2.77. The number of carbonyl (C=O) groups excluding carboxylic acids is 1. The minimum Gasteiger partial charge on any atom is -0.457 e. The first-order chi connectivity index (χ1) is 14.2. The number of nitrogens with one attached hydrogen (secondary N) is 3. The number of piperazine rings is 1. The number of hydrogen-bond donors (Lipinski definition) is 3. The van der Waals surface area contributed by atoms with E-state index in [0.717, 1.165) is 50.8 Å². The normalized spacial score (nSPS) is 19.1.